The van der Waals surface area contributed by atoms with E-state index in [-0.39, 0.29) is 12.0 Å². The minimum absolute atomic E-state index is 0.0981. The summed E-state index contributed by atoms with van der Waals surface area (Å²) < 4.78 is 11.3. The van der Waals surface area contributed by atoms with Crippen molar-refractivity contribution in [2.45, 2.75) is 39.4 Å². The van der Waals surface area contributed by atoms with Gasteiger partial charge >= 0.3 is 0 Å². The van der Waals surface area contributed by atoms with Crippen LogP contribution in [-0.2, 0) is 11.3 Å². The van der Waals surface area contributed by atoms with Gasteiger partial charge in [0.2, 0.25) is 0 Å². The Kier molecular flexibility index (Phi) is 5.93. The molecule has 2 heterocycles. The molecule has 1 aliphatic heterocycles. The van der Waals surface area contributed by atoms with Gasteiger partial charge in [0.15, 0.2) is 0 Å². The van der Waals surface area contributed by atoms with Crippen LogP contribution in [0.15, 0.2) is 18.2 Å². The predicted octanol–water partition coefficient (Wildman–Crippen LogP) is 3.90. The summed E-state index contributed by atoms with van der Waals surface area (Å²) in [6.45, 7) is 5.43. The van der Waals surface area contributed by atoms with E-state index in [2.05, 4.69) is 10.3 Å². The van der Waals surface area contributed by atoms with Gasteiger partial charge in [-0.3, -0.25) is 4.79 Å². The van der Waals surface area contributed by atoms with Crippen molar-refractivity contribution < 1.29 is 14.3 Å². The summed E-state index contributed by atoms with van der Waals surface area (Å²) in [7, 11) is 0. The van der Waals surface area contributed by atoms with Crippen LogP contribution < -0.4 is 10.1 Å². The van der Waals surface area contributed by atoms with Crippen molar-refractivity contribution in [2.75, 3.05) is 13.2 Å². The zero-order chi connectivity index (χ0) is 17.8. The molecule has 25 heavy (non-hydrogen) atoms. The van der Waals surface area contributed by atoms with E-state index in [9.17, 15) is 4.79 Å². The van der Waals surface area contributed by atoms with Crippen LogP contribution in [0.25, 0.3) is 0 Å². The second kappa shape index (κ2) is 8.17. The molecule has 1 fully saturated rings. The number of benzene rings is 1. The van der Waals surface area contributed by atoms with Gasteiger partial charge in [-0.2, -0.15) is 0 Å². The molecule has 7 heteroatoms. The van der Waals surface area contributed by atoms with Gasteiger partial charge in [-0.25, -0.2) is 4.98 Å². The minimum Gasteiger partial charge on any atom is -0.486 e. The summed E-state index contributed by atoms with van der Waals surface area (Å²) in [6, 6.07) is 5.52. The van der Waals surface area contributed by atoms with Gasteiger partial charge in [0.1, 0.15) is 22.2 Å². The molecule has 0 bridgehead atoms. The van der Waals surface area contributed by atoms with Gasteiger partial charge in [0.25, 0.3) is 5.91 Å². The number of aromatic nitrogens is 1. The van der Waals surface area contributed by atoms with Gasteiger partial charge in [0.05, 0.1) is 11.8 Å². The average Bonchev–Trinajstić information content (AvgIpc) is 3.23. The molecule has 2 aromatic rings. The lowest BCUT2D eigenvalue weighted by molar-refractivity contribution is 0.0860. The molecule has 1 aromatic heterocycles. The Labute approximate surface area is 156 Å². The van der Waals surface area contributed by atoms with Crippen molar-refractivity contribution in [1.29, 1.82) is 0 Å². The molecule has 1 atom stereocenters. The Bertz CT molecular complexity index is 757. The maximum Gasteiger partial charge on any atom is 0.263 e. The second-order valence-corrected chi connectivity index (χ2v) is 7.56. The van der Waals surface area contributed by atoms with Crippen molar-refractivity contribution in [3.05, 3.63) is 44.4 Å². The summed E-state index contributed by atoms with van der Waals surface area (Å²) in [6.07, 6.45) is 2.20. The second-order valence-electron chi connectivity index (χ2n) is 6.07. The van der Waals surface area contributed by atoms with E-state index >= 15 is 0 Å². The molecule has 0 saturated carbocycles. The Hall–Kier alpha value is -1.63. The number of carbonyl (C=O) groups is 1. The first-order valence-electron chi connectivity index (χ1n) is 8.28. The van der Waals surface area contributed by atoms with E-state index in [0.29, 0.717) is 23.1 Å². The molecule has 0 aliphatic carbocycles. The van der Waals surface area contributed by atoms with Crippen LogP contribution in [0.1, 0.15) is 38.8 Å². The maximum absolute atomic E-state index is 12.3. The van der Waals surface area contributed by atoms with Crippen LogP contribution in [0.4, 0.5) is 0 Å². The first kappa shape index (κ1) is 18.2. The summed E-state index contributed by atoms with van der Waals surface area (Å²) >= 11 is 7.38. The molecule has 134 valence electrons. The van der Waals surface area contributed by atoms with Crippen molar-refractivity contribution in [3.8, 4) is 5.75 Å². The topological polar surface area (TPSA) is 60.5 Å². The van der Waals surface area contributed by atoms with Crippen LogP contribution in [0.3, 0.4) is 0 Å². The van der Waals surface area contributed by atoms with Gasteiger partial charge in [-0.15, -0.1) is 11.3 Å². The van der Waals surface area contributed by atoms with Crippen LogP contribution in [0.2, 0.25) is 5.02 Å². The first-order chi connectivity index (χ1) is 12.0. The summed E-state index contributed by atoms with van der Waals surface area (Å²) in [5.41, 5.74) is 1.68. The van der Waals surface area contributed by atoms with E-state index in [1.165, 1.54) is 11.3 Å². The largest absolute Gasteiger partial charge is 0.486 e. The van der Waals surface area contributed by atoms with Crippen LogP contribution in [0.5, 0.6) is 5.75 Å². The summed E-state index contributed by atoms with van der Waals surface area (Å²) in [5, 5.41) is 4.42. The highest BCUT2D eigenvalue weighted by Crippen LogP contribution is 2.24. The van der Waals surface area contributed by atoms with Crippen molar-refractivity contribution in [2.24, 2.45) is 0 Å². The van der Waals surface area contributed by atoms with E-state index in [1.807, 2.05) is 32.0 Å². The molecule has 1 N–H and O–H groups in total. The van der Waals surface area contributed by atoms with Crippen molar-refractivity contribution in [3.63, 3.8) is 0 Å². The molecule has 1 saturated heterocycles. The normalized spacial score (nSPS) is 16.8. The number of nitrogens with zero attached hydrogens (tertiary/aromatic N) is 1. The SMILES string of the molecule is Cc1cc(OCc2nc(C)c(C(=O)NC[C@@H]3CCCO3)s2)ccc1Cl. The van der Waals surface area contributed by atoms with Crippen LogP contribution in [0, 0.1) is 13.8 Å². The van der Waals surface area contributed by atoms with Crippen molar-refractivity contribution >= 4 is 28.8 Å². The van der Waals surface area contributed by atoms with Gasteiger partial charge in [-0.05, 0) is 50.5 Å². The third-order valence-corrected chi connectivity index (χ3v) is 5.61. The van der Waals surface area contributed by atoms with E-state index in [0.717, 1.165) is 41.5 Å². The smallest absolute Gasteiger partial charge is 0.263 e. The number of hydrogen-bond donors (Lipinski definition) is 1. The van der Waals surface area contributed by atoms with E-state index in [1.54, 1.807) is 0 Å². The highest BCUT2D eigenvalue weighted by molar-refractivity contribution is 7.13. The number of rotatable bonds is 6. The maximum atomic E-state index is 12.3. The Morgan fingerprint density at radius 2 is 2.32 bits per heavy atom. The molecule has 0 radical (unpaired) electrons. The summed E-state index contributed by atoms with van der Waals surface area (Å²) in [5.74, 6) is 0.637. The number of thiazole rings is 1. The molecule has 0 spiro atoms. The van der Waals surface area contributed by atoms with Crippen LogP contribution >= 0.6 is 22.9 Å². The molecule has 5 nitrogen and oxygen atoms in total. The third-order valence-electron chi connectivity index (χ3n) is 4.05. The van der Waals surface area contributed by atoms with Crippen molar-refractivity contribution in [1.82, 2.24) is 10.3 Å². The lowest BCUT2D eigenvalue weighted by atomic mass is 10.2. The van der Waals surface area contributed by atoms with Crippen LogP contribution in [-0.4, -0.2) is 30.1 Å². The molecule has 1 aromatic carbocycles. The number of hydrogen-bond acceptors (Lipinski definition) is 5. The monoisotopic (exact) mass is 380 g/mol. The fourth-order valence-corrected chi connectivity index (χ4v) is 3.68. The number of halogens is 1. The van der Waals surface area contributed by atoms with E-state index in [4.69, 9.17) is 21.1 Å². The molecule has 3 rings (SSSR count). The third kappa shape index (κ3) is 4.71. The standard InChI is InChI=1S/C18H21ClN2O3S/c1-11-8-13(5-6-15(11)19)24-10-16-21-12(2)17(25-16)18(22)20-9-14-4-3-7-23-14/h5-6,8,14H,3-4,7,9-10H2,1-2H3,(H,20,22)/t14-/m0/s1. The van der Waals surface area contributed by atoms with Gasteiger partial charge in [-0.1, -0.05) is 11.6 Å². The number of nitrogens with one attached hydrogen (secondary N) is 1. The van der Waals surface area contributed by atoms with E-state index < -0.39 is 0 Å². The zero-order valence-corrected chi connectivity index (χ0v) is 15.9. The fraction of sp³-hybridized carbons (Fsp3) is 0.444. The Balaban J connectivity index is 1.57. The van der Waals surface area contributed by atoms with Gasteiger partial charge in [0, 0.05) is 18.2 Å². The average molecular weight is 381 g/mol. The fourth-order valence-electron chi connectivity index (χ4n) is 2.67. The number of aryl methyl sites for hydroxylation is 2. The molecular weight excluding hydrogens is 360 g/mol. The Morgan fingerprint density at radius 3 is 3.04 bits per heavy atom. The minimum atomic E-state index is -0.0981. The van der Waals surface area contributed by atoms with Gasteiger partial charge < -0.3 is 14.8 Å². The number of carbonyl (C=O) groups excluding carboxylic acids is 1. The highest BCUT2D eigenvalue weighted by atomic mass is 35.5. The number of amides is 1. The molecule has 0 unspecified atom stereocenters. The predicted molar refractivity (Wildman–Crippen MR) is 98.7 cm³/mol. The molecule has 1 amide bonds. The first-order valence-corrected chi connectivity index (χ1v) is 9.47. The lowest BCUT2D eigenvalue weighted by Gasteiger charge is -2.09. The zero-order valence-electron chi connectivity index (χ0n) is 14.3. The highest BCUT2D eigenvalue weighted by Gasteiger charge is 2.19. The lowest BCUT2D eigenvalue weighted by Crippen LogP contribution is -2.31. The molecule has 1 aliphatic rings. The Morgan fingerprint density at radius 1 is 1.48 bits per heavy atom. The summed E-state index contributed by atoms with van der Waals surface area (Å²) in [4.78, 5) is 17.4. The quantitative estimate of drug-likeness (QED) is 0.825. The number of ether oxygens (including phenoxy) is 2. The molecular formula is C18H21ClN2O3S.